The summed E-state index contributed by atoms with van der Waals surface area (Å²) in [4.78, 5) is 15.0. The van der Waals surface area contributed by atoms with E-state index < -0.39 is 5.97 Å². The fraction of sp³-hybridized carbons (Fsp3) is 0.200. The maximum atomic E-state index is 11.0. The highest BCUT2D eigenvalue weighted by Crippen LogP contribution is 2.32. The van der Waals surface area contributed by atoms with Gasteiger partial charge in [-0.1, -0.05) is 41.4 Å². The van der Waals surface area contributed by atoms with Gasteiger partial charge in [0.05, 0.1) is 5.02 Å². The van der Waals surface area contributed by atoms with E-state index in [0.29, 0.717) is 5.75 Å². The van der Waals surface area contributed by atoms with E-state index in [0.717, 1.165) is 10.0 Å². The normalized spacial score (nSPS) is 10.7. The van der Waals surface area contributed by atoms with Crippen LogP contribution >= 0.6 is 27.5 Å². The molecule has 0 amide bonds. The van der Waals surface area contributed by atoms with E-state index >= 15 is 0 Å². The van der Waals surface area contributed by atoms with Crippen molar-refractivity contribution in [1.29, 1.82) is 0 Å². The molecule has 2 aromatic rings. The Hall–Kier alpha value is -1.59. The monoisotopic (exact) mass is 369 g/mol. The fourth-order valence-electron chi connectivity index (χ4n) is 1.81. The number of carbonyl (C=O) groups is 1. The number of aromatic carboxylic acids is 1. The first-order valence-corrected chi connectivity index (χ1v) is 7.42. The van der Waals surface area contributed by atoms with Crippen LogP contribution in [-0.2, 0) is 0 Å². The maximum Gasteiger partial charge on any atom is 0.356 e. The molecule has 1 aromatic heterocycles. The van der Waals surface area contributed by atoms with Crippen molar-refractivity contribution in [3.8, 4) is 11.6 Å². The summed E-state index contributed by atoms with van der Waals surface area (Å²) in [6.07, 6.45) is 0. The van der Waals surface area contributed by atoms with Gasteiger partial charge in [0.15, 0.2) is 5.69 Å². The number of benzene rings is 1. The lowest BCUT2D eigenvalue weighted by molar-refractivity contribution is 0.0690. The molecular formula is C15H13BrClNO3. The van der Waals surface area contributed by atoms with Crippen LogP contribution in [0, 0.1) is 0 Å². The molecule has 4 nitrogen and oxygen atoms in total. The summed E-state index contributed by atoms with van der Waals surface area (Å²) < 4.78 is 6.67. The largest absolute Gasteiger partial charge is 0.476 e. The van der Waals surface area contributed by atoms with E-state index in [2.05, 4.69) is 20.9 Å². The third-order valence-corrected chi connectivity index (χ3v) is 3.63. The highest BCUT2D eigenvalue weighted by Gasteiger charge is 2.14. The number of halogens is 2. The van der Waals surface area contributed by atoms with Gasteiger partial charge in [-0.15, -0.1) is 0 Å². The van der Waals surface area contributed by atoms with Gasteiger partial charge >= 0.3 is 5.97 Å². The van der Waals surface area contributed by atoms with E-state index in [9.17, 15) is 4.79 Å². The molecule has 0 aliphatic carbocycles. The van der Waals surface area contributed by atoms with Crippen molar-refractivity contribution in [1.82, 2.24) is 4.98 Å². The zero-order valence-electron chi connectivity index (χ0n) is 11.4. The van der Waals surface area contributed by atoms with Crippen LogP contribution in [0.1, 0.15) is 35.8 Å². The second-order valence-electron chi connectivity index (χ2n) is 4.72. The minimum atomic E-state index is -1.19. The van der Waals surface area contributed by atoms with Gasteiger partial charge in [-0.05, 0) is 35.7 Å². The van der Waals surface area contributed by atoms with Crippen molar-refractivity contribution >= 4 is 33.5 Å². The van der Waals surface area contributed by atoms with Gasteiger partial charge in [0.1, 0.15) is 5.75 Å². The molecule has 0 saturated carbocycles. The first kappa shape index (κ1) is 15.8. The number of hydrogen-bond donors (Lipinski definition) is 1. The van der Waals surface area contributed by atoms with Gasteiger partial charge in [0.2, 0.25) is 5.88 Å². The quantitative estimate of drug-likeness (QED) is 0.812. The topological polar surface area (TPSA) is 59.4 Å². The molecule has 2 rings (SSSR count). The Balaban J connectivity index is 2.39. The summed E-state index contributed by atoms with van der Waals surface area (Å²) >= 11 is 9.22. The van der Waals surface area contributed by atoms with E-state index in [1.165, 1.54) is 6.07 Å². The molecule has 110 valence electrons. The molecule has 1 N–H and O–H groups in total. The minimum absolute atomic E-state index is 0.0785. The maximum absolute atomic E-state index is 11.0. The molecule has 0 bridgehead atoms. The third kappa shape index (κ3) is 3.74. The average Bonchev–Trinajstić information content (AvgIpc) is 2.42. The van der Waals surface area contributed by atoms with Crippen LogP contribution in [0.25, 0.3) is 0 Å². The number of nitrogens with zero attached hydrogens (tertiary/aromatic N) is 1. The molecule has 0 aliphatic rings. The number of carboxylic acid groups (broad SMARTS) is 1. The van der Waals surface area contributed by atoms with Crippen molar-refractivity contribution in [2.24, 2.45) is 0 Å². The summed E-state index contributed by atoms with van der Waals surface area (Å²) in [5.74, 6) is -0.102. The predicted molar refractivity (Wildman–Crippen MR) is 84.5 cm³/mol. The van der Waals surface area contributed by atoms with Gasteiger partial charge in [0.25, 0.3) is 0 Å². The van der Waals surface area contributed by atoms with Crippen LogP contribution in [0.3, 0.4) is 0 Å². The van der Waals surface area contributed by atoms with E-state index in [1.807, 2.05) is 32.0 Å². The molecule has 0 fully saturated rings. The van der Waals surface area contributed by atoms with Crippen molar-refractivity contribution in [3.63, 3.8) is 0 Å². The Morgan fingerprint density at radius 2 is 2.05 bits per heavy atom. The Morgan fingerprint density at radius 3 is 2.67 bits per heavy atom. The lowest BCUT2D eigenvalue weighted by Gasteiger charge is -2.14. The number of rotatable bonds is 4. The second-order valence-corrected chi connectivity index (χ2v) is 6.05. The smallest absolute Gasteiger partial charge is 0.356 e. The molecule has 6 heteroatoms. The summed E-state index contributed by atoms with van der Waals surface area (Å²) in [5.41, 5.74) is 0.773. The van der Waals surface area contributed by atoms with Crippen LogP contribution in [0.5, 0.6) is 11.6 Å². The number of pyridine rings is 1. The molecule has 0 unspecified atom stereocenters. The van der Waals surface area contributed by atoms with Gasteiger partial charge in [-0.2, -0.15) is 0 Å². The fourth-order valence-corrected chi connectivity index (χ4v) is 2.37. The predicted octanol–water partition coefficient (Wildman–Crippen LogP) is 5.11. The Labute approximate surface area is 135 Å². The van der Waals surface area contributed by atoms with Gasteiger partial charge in [-0.3, -0.25) is 0 Å². The summed E-state index contributed by atoms with van der Waals surface area (Å²) in [7, 11) is 0. The summed E-state index contributed by atoms with van der Waals surface area (Å²) in [6.45, 7) is 4.10. The van der Waals surface area contributed by atoms with Crippen molar-refractivity contribution in [2.75, 3.05) is 0 Å². The Morgan fingerprint density at radius 1 is 1.33 bits per heavy atom. The molecule has 1 heterocycles. The standard InChI is InChI=1S/C15H13BrClNO3/c1-8(2)10-7-9(16)3-5-12(10)21-13-6-4-11(17)14(18-13)15(19)20/h3-8H,1-2H3,(H,19,20). The molecule has 0 saturated heterocycles. The number of hydrogen-bond acceptors (Lipinski definition) is 3. The van der Waals surface area contributed by atoms with Crippen molar-refractivity contribution < 1.29 is 14.6 Å². The first-order valence-electron chi connectivity index (χ1n) is 6.25. The van der Waals surface area contributed by atoms with E-state index in [-0.39, 0.29) is 22.5 Å². The van der Waals surface area contributed by atoms with Gasteiger partial charge in [-0.25, -0.2) is 9.78 Å². The summed E-state index contributed by atoms with van der Waals surface area (Å²) in [6, 6.07) is 8.64. The molecule has 0 aliphatic heterocycles. The molecular weight excluding hydrogens is 358 g/mol. The molecule has 0 radical (unpaired) electrons. The number of carboxylic acids is 1. The second kappa shape index (κ2) is 6.45. The van der Waals surface area contributed by atoms with Gasteiger partial charge in [0, 0.05) is 10.5 Å². The average molecular weight is 371 g/mol. The van der Waals surface area contributed by atoms with Crippen molar-refractivity contribution in [2.45, 2.75) is 19.8 Å². The van der Waals surface area contributed by atoms with Gasteiger partial charge < -0.3 is 9.84 Å². The Bertz CT molecular complexity index is 689. The van der Waals surface area contributed by atoms with Crippen LogP contribution in [0.15, 0.2) is 34.8 Å². The third-order valence-electron chi connectivity index (χ3n) is 2.83. The van der Waals surface area contributed by atoms with Crippen molar-refractivity contribution in [3.05, 3.63) is 51.1 Å². The van der Waals surface area contributed by atoms with Crippen LogP contribution in [-0.4, -0.2) is 16.1 Å². The lowest BCUT2D eigenvalue weighted by Crippen LogP contribution is -2.03. The zero-order valence-corrected chi connectivity index (χ0v) is 13.8. The van der Waals surface area contributed by atoms with E-state index in [1.54, 1.807) is 6.07 Å². The first-order chi connectivity index (χ1) is 9.88. The lowest BCUT2D eigenvalue weighted by atomic mass is 10.0. The highest BCUT2D eigenvalue weighted by atomic mass is 79.9. The molecule has 0 atom stereocenters. The molecule has 21 heavy (non-hydrogen) atoms. The van der Waals surface area contributed by atoms with E-state index in [4.69, 9.17) is 21.4 Å². The SMILES string of the molecule is CC(C)c1cc(Br)ccc1Oc1ccc(Cl)c(C(=O)O)n1. The van der Waals surface area contributed by atoms with Crippen LogP contribution in [0.2, 0.25) is 5.02 Å². The number of aromatic nitrogens is 1. The molecule has 1 aromatic carbocycles. The summed E-state index contributed by atoms with van der Waals surface area (Å²) in [5, 5.41) is 9.11. The van der Waals surface area contributed by atoms with Crippen LogP contribution in [0.4, 0.5) is 0 Å². The number of ether oxygens (including phenoxy) is 1. The molecule has 0 spiro atoms. The highest BCUT2D eigenvalue weighted by molar-refractivity contribution is 9.10. The zero-order chi connectivity index (χ0) is 15.6. The van der Waals surface area contributed by atoms with Crippen LogP contribution < -0.4 is 4.74 Å². The Kier molecular flexibility index (Phi) is 4.85. The minimum Gasteiger partial charge on any atom is -0.476 e.